The standard InChI is InChI=1S/C23H19N5O3S/c1-14-4-9-17-21(11-14)32-23(25-17)15-5-7-16(8-6-15)24-22(30)18-12-28(27-26-18)13-19(29)20-3-2-10-31-20/h2-12,19,29H,13H2,1H3,(H,24,30)/t19-/m0/s1. The molecule has 5 rings (SSSR count). The molecule has 32 heavy (non-hydrogen) atoms. The lowest BCUT2D eigenvalue weighted by Crippen LogP contribution is -2.12. The second-order valence-electron chi connectivity index (χ2n) is 7.38. The smallest absolute Gasteiger partial charge is 0.277 e. The third-order valence-electron chi connectivity index (χ3n) is 4.94. The first kappa shape index (κ1) is 20.1. The van der Waals surface area contributed by atoms with Crippen LogP contribution in [0.5, 0.6) is 0 Å². The van der Waals surface area contributed by atoms with Gasteiger partial charge in [0.15, 0.2) is 5.69 Å². The molecule has 5 aromatic rings. The van der Waals surface area contributed by atoms with Crippen LogP contribution in [0.1, 0.15) is 27.9 Å². The van der Waals surface area contributed by atoms with Gasteiger partial charge in [0, 0.05) is 11.3 Å². The van der Waals surface area contributed by atoms with Crippen LogP contribution in [0.25, 0.3) is 20.8 Å². The number of anilines is 1. The molecule has 0 unspecified atom stereocenters. The van der Waals surface area contributed by atoms with Crippen molar-refractivity contribution in [2.24, 2.45) is 0 Å². The molecular weight excluding hydrogens is 426 g/mol. The Bertz CT molecular complexity index is 1370. The predicted molar refractivity (Wildman–Crippen MR) is 121 cm³/mol. The summed E-state index contributed by atoms with van der Waals surface area (Å²) >= 11 is 1.64. The van der Waals surface area contributed by atoms with Crippen LogP contribution in [0, 0.1) is 6.92 Å². The Morgan fingerprint density at radius 3 is 2.84 bits per heavy atom. The highest BCUT2D eigenvalue weighted by Crippen LogP contribution is 2.31. The Kier molecular flexibility index (Phi) is 5.26. The number of fused-ring (bicyclic) bond motifs is 1. The van der Waals surface area contributed by atoms with E-state index >= 15 is 0 Å². The summed E-state index contributed by atoms with van der Waals surface area (Å²) < 4.78 is 7.72. The minimum Gasteiger partial charge on any atom is -0.467 e. The van der Waals surface area contributed by atoms with E-state index in [-0.39, 0.29) is 18.1 Å². The SMILES string of the molecule is Cc1ccc2nc(-c3ccc(NC(=O)c4cn(C[C@H](O)c5ccco5)nn4)cc3)sc2c1. The lowest BCUT2D eigenvalue weighted by atomic mass is 10.2. The summed E-state index contributed by atoms with van der Waals surface area (Å²) in [6.45, 7) is 2.19. The van der Waals surface area contributed by atoms with Gasteiger partial charge >= 0.3 is 0 Å². The predicted octanol–water partition coefficient (Wildman–Crippen LogP) is 4.44. The van der Waals surface area contributed by atoms with E-state index in [9.17, 15) is 9.90 Å². The molecule has 0 saturated heterocycles. The van der Waals surface area contributed by atoms with Crippen molar-refractivity contribution in [3.05, 3.63) is 84.1 Å². The number of rotatable bonds is 6. The van der Waals surface area contributed by atoms with Gasteiger partial charge in [-0.2, -0.15) is 0 Å². The number of aromatic nitrogens is 4. The summed E-state index contributed by atoms with van der Waals surface area (Å²) in [7, 11) is 0. The van der Waals surface area contributed by atoms with Gasteiger partial charge in [0.25, 0.3) is 5.91 Å². The molecule has 1 atom stereocenters. The van der Waals surface area contributed by atoms with E-state index in [4.69, 9.17) is 9.40 Å². The van der Waals surface area contributed by atoms with E-state index < -0.39 is 6.10 Å². The molecule has 0 aliphatic rings. The molecule has 3 aromatic heterocycles. The van der Waals surface area contributed by atoms with Crippen LogP contribution in [0.15, 0.2) is 71.5 Å². The monoisotopic (exact) mass is 445 g/mol. The molecule has 2 aromatic carbocycles. The third-order valence-corrected chi connectivity index (χ3v) is 6.00. The molecule has 0 bridgehead atoms. The minimum absolute atomic E-state index is 0.129. The zero-order valence-corrected chi connectivity index (χ0v) is 17.9. The van der Waals surface area contributed by atoms with E-state index in [1.807, 2.05) is 30.3 Å². The van der Waals surface area contributed by atoms with Gasteiger partial charge in [-0.25, -0.2) is 9.67 Å². The van der Waals surface area contributed by atoms with Crippen LogP contribution in [0.2, 0.25) is 0 Å². The number of benzene rings is 2. The molecule has 0 spiro atoms. The Morgan fingerprint density at radius 1 is 1.22 bits per heavy atom. The summed E-state index contributed by atoms with van der Waals surface area (Å²) in [5.74, 6) is 0.0433. The number of furan rings is 1. The number of hydrogen-bond acceptors (Lipinski definition) is 7. The topological polar surface area (TPSA) is 106 Å². The van der Waals surface area contributed by atoms with Gasteiger partial charge in [-0.15, -0.1) is 16.4 Å². The summed E-state index contributed by atoms with van der Waals surface area (Å²) in [6, 6.07) is 17.1. The van der Waals surface area contributed by atoms with Crippen LogP contribution in [0.4, 0.5) is 5.69 Å². The Labute approximate surface area is 187 Å². The lowest BCUT2D eigenvalue weighted by molar-refractivity contribution is 0.102. The zero-order chi connectivity index (χ0) is 22.1. The highest BCUT2D eigenvalue weighted by Gasteiger charge is 2.16. The Morgan fingerprint density at radius 2 is 2.06 bits per heavy atom. The zero-order valence-electron chi connectivity index (χ0n) is 17.1. The van der Waals surface area contributed by atoms with Crippen molar-refractivity contribution in [1.82, 2.24) is 20.0 Å². The van der Waals surface area contributed by atoms with Gasteiger partial charge in [-0.3, -0.25) is 4.79 Å². The number of aryl methyl sites for hydroxylation is 1. The van der Waals surface area contributed by atoms with Gasteiger partial charge < -0.3 is 14.8 Å². The van der Waals surface area contributed by atoms with Crippen molar-refractivity contribution in [3.8, 4) is 10.6 Å². The first-order valence-corrected chi connectivity index (χ1v) is 10.8. The van der Waals surface area contributed by atoms with Crippen LogP contribution in [-0.4, -0.2) is 31.0 Å². The fraction of sp³-hybridized carbons (Fsp3) is 0.130. The molecule has 9 heteroatoms. The number of hydrogen-bond donors (Lipinski definition) is 2. The maximum atomic E-state index is 12.5. The maximum Gasteiger partial charge on any atom is 0.277 e. The average Bonchev–Trinajstić information content (AvgIpc) is 3.54. The fourth-order valence-corrected chi connectivity index (χ4v) is 4.36. The summed E-state index contributed by atoms with van der Waals surface area (Å²) in [6.07, 6.45) is 2.10. The van der Waals surface area contributed by atoms with Crippen molar-refractivity contribution in [2.45, 2.75) is 19.6 Å². The van der Waals surface area contributed by atoms with Crippen LogP contribution in [-0.2, 0) is 6.54 Å². The van der Waals surface area contributed by atoms with Gasteiger partial charge in [-0.05, 0) is 61.0 Å². The Hall–Kier alpha value is -3.82. The molecule has 8 nitrogen and oxygen atoms in total. The summed E-state index contributed by atoms with van der Waals surface area (Å²) in [4.78, 5) is 17.2. The highest BCUT2D eigenvalue weighted by atomic mass is 32.1. The third kappa shape index (κ3) is 4.16. The van der Waals surface area contributed by atoms with Crippen molar-refractivity contribution >= 4 is 33.1 Å². The van der Waals surface area contributed by atoms with Gasteiger partial charge in [-0.1, -0.05) is 11.3 Å². The van der Waals surface area contributed by atoms with Crippen molar-refractivity contribution in [1.29, 1.82) is 0 Å². The lowest BCUT2D eigenvalue weighted by Gasteiger charge is -2.06. The number of carbonyl (C=O) groups is 1. The van der Waals surface area contributed by atoms with Crippen molar-refractivity contribution < 1.29 is 14.3 Å². The largest absolute Gasteiger partial charge is 0.467 e. The van der Waals surface area contributed by atoms with Gasteiger partial charge in [0.2, 0.25) is 0 Å². The quantitative estimate of drug-likeness (QED) is 0.400. The number of thiazole rings is 1. The molecule has 0 fully saturated rings. The number of aliphatic hydroxyl groups is 1. The minimum atomic E-state index is -0.874. The van der Waals surface area contributed by atoms with Crippen LogP contribution >= 0.6 is 11.3 Å². The fourth-order valence-electron chi connectivity index (χ4n) is 3.29. The van der Waals surface area contributed by atoms with Gasteiger partial charge in [0.1, 0.15) is 16.9 Å². The second-order valence-corrected chi connectivity index (χ2v) is 8.41. The number of nitrogens with one attached hydrogen (secondary N) is 1. The first-order valence-electron chi connectivity index (χ1n) is 9.96. The second kappa shape index (κ2) is 8.37. The number of carbonyl (C=O) groups excluding carboxylic acids is 1. The average molecular weight is 446 g/mol. The molecule has 1 amide bonds. The number of amides is 1. The summed E-state index contributed by atoms with van der Waals surface area (Å²) in [5.41, 5.74) is 3.97. The molecular formula is C23H19N5O3S. The van der Waals surface area contributed by atoms with E-state index in [1.165, 1.54) is 22.7 Å². The van der Waals surface area contributed by atoms with E-state index in [0.29, 0.717) is 11.4 Å². The van der Waals surface area contributed by atoms with Crippen molar-refractivity contribution in [3.63, 3.8) is 0 Å². The van der Waals surface area contributed by atoms with Gasteiger partial charge in [0.05, 0.1) is 29.2 Å². The molecule has 0 aliphatic heterocycles. The molecule has 160 valence electrons. The number of aliphatic hydroxyl groups excluding tert-OH is 1. The first-order chi connectivity index (χ1) is 15.5. The Balaban J connectivity index is 1.25. The summed E-state index contributed by atoms with van der Waals surface area (Å²) in [5, 5.41) is 21.7. The molecule has 3 heterocycles. The molecule has 0 radical (unpaired) electrons. The normalized spacial score (nSPS) is 12.2. The number of nitrogens with zero attached hydrogens (tertiary/aromatic N) is 4. The molecule has 0 aliphatic carbocycles. The van der Waals surface area contributed by atoms with Crippen LogP contribution in [0.3, 0.4) is 0 Å². The highest BCUT2D eigenvalue weighted by molar-refractivity contribution is 7.21. The van der Waals surface area contributed by atoms with E-state index in [0.717, 1.165) is 20.8 Å². The maximum absolute atomic E-state index is 12.5. The van der Waals surface area contributed by atoms with Crippen LogP contribution < -0.4 is 5.32 Å². The van der Waals surface area contributed by atoms with E-state index in [2.05, 4.69) is 34.7 Å². The molecule has 0 saturated carbocycles. The van der Waals surface area contributed by atoms with Crippen molar-refractivity contribution in [2.75, 3.05) is 5.32 Å². The van der Waals surface area contributed by atoms with E-state index in [1.54, 1.807) is 23.5 Å². The molecule has 2 N–H and O–H groups in total.